The van der Waals surface area contributed by atoms with Gasteiger partial charge in [0.15, 0.2) is 0 Å². The Kier molecular flexibility index (Phi) is 41.3. The summed E-state index contributed by atoms with van der Waals surface area (Å²) < 4.78 is 0. The van der Waals surface area contributed by atoms with E-state index < -0.39 is 0 Å². The topological polar surface area (TPSA) is 12.4 Å². The van der Waals surface area contributed by atoms with Gasteiger partial charge in [-0.2, -0.15) is 0 Å². The second-order valence-corrected chi connectivity index (χ2v) is 0.632. The summed E-state index contributed by atoms with van der Waals surface area (Å²) in [5, 5.41) is 0. The quantitative estimate of drug-likeness (QED) is 0.449. The number of nitrogens with zero attached hydrogens (tertiary/aromatic N) is 1. The third kappa shape index (κ3) is 30.9. The highest BCUT2D eigenvalue weighted by Gasteiger charge is 1.48. The van der Waals surface area contributed by atoms with Gasteiger partial charge in [0.2, 0.25) is 0 Å². The molecule has 0 spiro atoms. The molecule has 0 aliphatic carbocycles. The van der Waals surface area contributed by atoms with E-state index in [1.165, 1.54) is 0 Å². The van der Waals surface area contributed by atoms with E-state index in [4.69, 9.17) is 0 Å². The Labute approximate surface area is 46.8 Å². The number of hydrogen-bond acceptors (Lipinski definition) is 1. The first kappa shape index (κ1) is 16.1. The van der Waals surface area contributed by atoms with E-state index in [9.17, 15) is 0 Å². The van der Waals surface area contributed by atoms with Gasteiger partial charge < -0.3 is 0 Å². The smallest absolute Gasteiger partial charge is 0.0455 e. The van der Waals surface area contributed by atoms with Gasteiger partial charge in [0.1, 0.15) is 0 Å². The summed E-state index contributed by atoms with van der Waals surface area (Å²) in [6, 6.07) is 0. The summed E-state index contributed by atoms with van der Waals surface area (Å²) in [5.41, 5.74) is 0. The van der Waals surface area contributed by atoms with Crippen molar-refractivity contribution in [3.63, 3.8) is 0 Å². The summed E-state index contributed by atoms with van der Waals surface area (Å²) in [6.45, 7) is 6.00. The van der Waals surface area contributed by atoms with E-state index in [0.29, 0.717) is 0 Å². The highest BCUT2D eigenvalue weighted by Crippen LogP contribution is 1.53. The molecule has 0 N–H and O–H groups in total. The van der Waals surface area contributed by atoms with E-state index in [1.807, 2.05) is 6.92 Å². The lowest BCUT2D eigenvalue weighted by Crippen LogP contribution is -1.58. The molecule has 1 heteroatoms. The zero-order chi connectivity index (χ0) is 4.12. The van der Waals surface area contributed by atoms with Crippen LogP contribution in [0.25, 0.3) is 0 Å². The molecule has 7 heavy (non-hydrogen) atoms. The first-order valence-electron chi connectivity index (χ1n) is 1.60. The lowest BCUT2D eigenvalue weighted by atomic mass is 10.8. The molecule has 0 aromatic rings. The van der Waals surface area contributed by atoms with E-state index in [-0.39, 0.29) is 14.9 Å². The van der Waals surface area contributed by atoms with Crippen LogP contribution < -0.4 is 0 Å². The molecule has 0 aromatic carbocycles. The van der Waals surface area contributed by atoms with Crippen LogP contribution in [0, 0.1) is 0 Å². The van der Waals surface area contributed by atoms with Crippen LogP contribution in [-0.4, -0.2) is 12.4 Å². The summed E-state index contributed by atoms with van der Waals surface area (Å²) in [5.74, 6) is 2.39. The third-order valence-corrected chi connectivity index (χ3v) is 0.270. The van der Waals surface area contributed by atoms with Crippen LogP contribution in [0.1, 0.15) is 21.8 Å². The van der Waals surface area contributed by atoms with Crippen LogP contribution in [0.2, 0.25) is 0 Å². The van der Waals surface area contributed by atoms with Crippen molar-refractivity contribution < 1.29 is 0 Å². The van der Waals surface area contributed by atoms with Gasteiger partial charge in [-0.05, 0) is 19.4 Å². The Morgan fingerprint density at radius 1 is 1.57 bits per heavy atom. The first-order chi connectivity index (χ1) is 2.41. The molecule has 0 amide bonds. The fraction of sp³-hybridized carbons (Fsp3) is 0.667. The molecule has 0 heterocycles. The third-order valence-electron chi connectivity index (χ3n) is 0.270. The highest BCUT2D eigenvalue weighted by atomic mass is 14.7. The first-order valence-corrected chi connectivity index (χ1v) is 1.60. The summed E-state index contributed by atoms with van der Waals surface area (Å²) in [6.07, 6.45) is 0. The van der Waals surface area contributed by atoms with Gasteiger partial charge in [0, 0.05) is 6.54 Å². The van der Waals surface area contributed by atoms with Gasteiger partial charge in [-0.15, -0.1) is 0 Å². The van der Waals surface area contributed by atoms with Crippen molar-refractivity contribution in [1.82, 2.24) is 0 Å². The van der Waals surface area contributed by atoms with Gasteiger partial charge in [0.25, 0.3) is 0 Å². The average molecular weight is 101 g/mol. The maximum absolute atomic E-state index is 3.61. The number of hydrogen-bond donors (Lipinski definition) is 0. The molecule has 0 saturated carbocycles. The fourth-order valence-corrected chi connectivity index (χ4v) is 0.112. The largest absolute Gasteiger partial charge is 0.244 e. The zero-order valence-corrected chi connectivity index (χ0v) is 3.36. The zero-order valence-electron chi connectivity index (χ0n) is 3.36. The van der Waals surface area contributed by atoms with Crippen LogP contribution >= 0.6 is 0 Å². The summed E-state index contributed by atoms with van der Waals surface area (Å²) in [7, 11) is 0. The second-order valence-electron chi connectivity index (χ2n) is 0.632. The molecule has 0 aliphatic rings. The molecule has 0 atom stereocenters. The van der Waals surface area contributed by atoms with Crippen molar-refractivity contribution in [2.75, 3.05) is 6.54 Å². The Morgan fingerprint density at radius 3 is 2.00 bits per heavy atom. The van der Waals surface area contributed by atoms with Crippen molar-refractivity contribution >= 4 is 5.87 Å². The molecule has 0 radical (unpaired) electrons. The van der Waals surface area contributed by atoms with Crippen LogP contribution in [0.5, 0.6) is 0 Å². The summed E-state index contributed by atoms with van der Waals surface area (Å²) in [4.78, 5) is 3.61. The van der Waals surface area contributed by atoms with Crippen molar-refractivity contribution in [2.24, 2.45) is 4.99 Å². The minimum atomic E-state index is 0. The molecule has 1 nitrogen and oxygen atoms in total. The molecule has 0 unspecified atom stereocenters. The minimum Gasteiger partial charge on any atom is -0.244 e. The minimum absolute atomic E-state index is 0. The average Bonchev–Trinajstić information content (AvgIpc) is 1.41. The fourth-order valence-electron chi connectivity index (χ4n) is 0.112. The van der Waals surface area contributed by atoms with Crippen LogP contribution in [0.3, 0.4) is 0 Å². The second kappa shape index (κ2) is 18.0. The standard InChI is InChI=1S/C4H7N.2CH4/c1-3-5-4-2;;/h1,4H2,2H3;2*1H4. The van der Waals surface area contributed by atoms with E-state index in [0.717, 1.165) is 6.54 Å². The Hall–Kier alpha value is -0.550. The monoisotopic (exact) mass is 101 g/mol. The van der Waals surface area contributed by atoms with Crippen LogP contribution in [0.4, 0.5) is 0 Å². The predicted octanol–water partition coefficient (Wildman–Crippen LogP) is 2.13. The van der Waals surface area contributed by atoms with E-state index in [2.05, 4.69) is 17.4 Å². The molecule has 0 aromatic heterocycles. The van der Waals surface area contributed by atoms with E-state index >= 15 is 0 Å². The molecule has 0 aliphatic heterocycles. The van der Waals surface area contributed by atoms with Crippen LogP contribution in [0.15, 0.2) is 11.6 Å². The Balaban J connectivity index is -0.0000000800. The highest BCUT2D eigenvalue weighted by molar-refractivity contribution is 5.46. The summed E-state index contributed by atoms with van der Waals surface area (Å²) >= 11 is 0. The SMILES string of the molecule is C.C.C=C=NCC. The Bertz CT molecular complexity index is 51.2. The number of aliphatic imine (C=N–C) groups is 1. The van der Waals surface area contributed by atoms with Gasteiger partial charge in [0.05, 0.1) is 0 Å². The van der Waals surface area contributed by atoms with Crippen molar-refractivity contribution in [3.8, 4) is 0 Å². The maximum Gasteiger partial charge on any atom is 0.0455 e. The number of rotatable bonds is 1. The Morgan fingerprint density at radius 2 is 2.00 bits per heavy atom. The van der Waals surface area contributed by atoms with Gasteiger partial charge in [-0.25, -0.2) is 4.99 Å². The normalized spacial score (nSPS) is 4.14. The molecule has 44 valence electrons. The predicted molar refractivity (Wildman–Crippen MR) is 37.1 cm³/mol. The molecule has 0 rings (SSSR count). The molecule has 0 fully saturated rings. The van der Waals surface area contributed by atoms with Gasteiger partial charge >= 0.3 is 0 Å². The van der Waals surface area contributed by atoms with Crippen LogP contribution in [-0.2, 0) is 0 Å². The van der Waals surface area contributed by atoms with Crippen molar-refractivity contribution in [1.29, 1.82) is 0 Å². The molecular formula is C6H15N. The van der Waals surface area contributed by atoms with Crippen molar-refractivity contribution in [2.45, 2.75) is 21.8 Å². The van der Waals surface area contributed by atoms with Gasteiger partial charge in [-0.3, -0.25) is 0 Å². The molecule has 0 bridgehead atoms. The molecule has 0 saturated heterocycles. The van der Waals surface area contributed by atoms with Crippen molar-refractivity contribution in [3.05, 3.63) is 6.58 Å². The lowest BCUT2D eigenvalue weighted by Gasteiger charge is -1.61. The van der Waals surface area contributed by atoms with E-state index in [1.54, 1.807) is 0 Å². The molecular weight excluding hydrogens is 86.1 g/mol. The van der Waals surface area contributed by atoms with Gasteiger partial charge in [-0.1, -0.05) is 14.9 Å². The maximum atomic E-state index is 3.61. The lowest BCUT2D eigenvalue weighted by molar-refractivity contribution is 1.15.